The van der Waals surface area contributed by atoms with E-state index in [0.29, 0.717) is 0 Å². The van der Waals surface area contributed by atoms with Crippen molar-refractivity contribution in [3.05, 3.63) is 0 Å². The molecule has 0 spiro atoms. The van der Waals surface area contributed by atoms with Crippen LogP contribution in [0.25, 0.3) is 0 Å². The van der Waals surface area contributed by atoms with Crippen molar-refractivity contribution in [1.29, 1.82) is 0 Å². The summed E-state index contributed by atoms with van der Waals surface area (Å²) in [5.74, 6) is 0. The van der Waals surface area contributed by atoms with Crippen LogP contribution in [0.15, 0.2) is 0 Å². The van der Waals surface area contributed by atoms with Gasteiger partial charge in [-0.2, -0.15) is 0 Å². The second-order valence-corrected chi connectivity index (χ2v) is 1.80. The average molecular weight is 234 g/mol. The van der Waals surface area contributed by atoms with Crippen LogP contribution in [0.2, 0.25) is 0 Å². The standard InChI is InChI=1S/Al.Ca.K.Na.H4O4Si.H2.7H/c;;;;1-5(2,3)4;;;;;;;;/h;;;;1-4H;1H;;;;;;;. The molecule has 0 saturated carbocycles. The molecule has 9 heteroatoms. The van der Waals surface area contributed by atoms with Crippen LogP contribution in [-0.4, -0.2) is 164 Å². The second kappa shape index (κ2) is 15.0. The fourth-order valence-corrected chi connectivity index (χ4v) is 0. The van der Waals surface area contributed by atoms with Crippen LogP contribution in [0.3, 0.4) is 0 Å². The van der Waals surface area contributed by atoms with Crippen molar-refractivity contribution < 1.29 is 20.6 Å². The van der Waals surface area contributed by atoms with Gasteiger partial charge in [-0.1, -0.05) is 0 Å². The summed E-state index contributed by atoms with van der Waals surface area (Å²) in [6.45, 7) is 0. The van der Waals surface area contributed by atoms with Gasteiger partial charge in [0, 0.05) is 1.43 Å². The van der Waals surface area contributed by atoms with E-state index in [1.807, 2.05) is 0 Å². The van der Waals surface area contributed by atoms with Crippen LogP contribution < -0.4 is 0 Å². The monoisotopic (exact) mass is 234 g/mol. The first-order valence-corrected chi connectivity index (χ1v) is 2.68. The minimum absolute atomic E-state index is 0. The van der Waals surface area contributed by atoms with Gasteiger partial charge >= 0.3 is 128 Å². The zero-order valence-corrected chi connectivity index (χ0v) is 3.29. The summed E-state index contributed by atoms with van der Waals surface area (Å²) < 4.78 is 0. The zero-order valence-electron chi connectivity index (χ0n) is 2.29. The molecule has 4 nitrogen and oxygen atoms in total. The molecule has 0 aromatic heterocycles. The van der Waals surface area contributed by atoms with Gasteiger partial charge in [-0.05, 0) is 0 Å². The molecule has 0 atom stereocenters. The van der Waals surface area contributed by atoms with E-state index >= 15 is 0 Å². The molecule has 0 saturated heterocycles. The van der Waals surface area contributed by atoms with Crippen molar-refractivity contribution in [2.75, 3.05) is 0 Å². The predicted octanol–water partition coefficient (Wildman–Crippen LogP) is -5.76. The molecule has 0 bridgehead atoms. The molecule has 0 aliphatic carbocycles. The third-order valence-electron chi connectivity index (χ3n) is 0. The van der Waals surface area contributed by atoms with E-state index in [-0.39, 0.29) is 137 Å². The van der Waals surface area contributed by atoms with Crippen molar-refractivity contribution in [1.82, 2.24) is 0 Å². The fraction of sp³-hybridized carbons (Fsp3) is 0. The van der Waals surface area contributed by atoms with Crippen molar-refractivity contribution in [2.24, 2.45) is 0 Å². The molecule has 4 N–H and O–H groups in total. The summed E-state index contributed by atoms with van der Waals surface area (Å²) >= 11 is 0. The Bertz CT molecular complexity index is 40.7. The van der Waals surface area contributed by atoms with E-state index in [2.05, 4.69) is 0 Å². The summed E-state index contributed by atoms with van der Waals surface area (Å²) in [5, 5.41) is 0. The summed E-state index contributed by atoms with van der Waals surface area (Å²) in [7, 11) is -4.61. The molecule has 48 valence electrons. The zero-order chi connectivity index (χ0) is 4.50. The van der Waals surface area contributed by atoms with Gasteiger partial charge in [-0.15, -0.1) is 0 Å². The average Bonchev–Trinajstić information content (AvgIpc) is 0.722. The van der Waals surface area contributed by atoms with Crippen molar-refractivity contribution in [2.45, 2.75) is 0 Å². The van der Waals surface area contributed by atoms with Gasteiger partial charge in [0.05, 0.1) is 0 Å². The SMILES string of the molecule is O[Si](O)(O)O.[AlH3].[CaH2].[HH].[KH].[NaH]. The summed E-state index contributed by atoms with van der Waals surface area (Å²) in [4.78, 5) is 29.3. The Hall–Kier alpha value is 4.49. The number of hydrogen-bond donors (Lipinski definition) is 4. The molecule has 0 aromatic carbocycles. The molecule has 0 aliphatic heterocycles. The molecule has 0 heterocycles. The van der Waals surface area contributed by atoms with Gasteiger partial charge < -0.3 is 19.2 Å². The van der Waals surface area contributed by atoms with E-state index in [0.717, 1.165) is 0 Å². The first kappa shape index (κ1) is 29.2. The first-order valence-electron chi connectivity index (χ1n) is 0.894. The van der Waals surface area contributed by atoms with E-state index in [1.54, 1.807) is 0 Å². The third kappa shape index (κ3) is 68.2. The van der Waals surface area contributed by atoms with Crippen LogP contribution in [0, 0.1) is 0 Å². The molecular weight excluding hydrogens is 221 g/mol. The van der Waals surface area contributed by atoms with Crippen LogP contribution in [0.1, 0.15) is 1.43 Å². The van der Waals surface area contributed by atoms with Crippen LogP contribution in [0.4, 0.5) is 0 Å². The van der Waals surface area contributed by atoms with Crippen molar-refractivity contribution >= 4 is 145 Å². The number of hydrogen-bond acceptors (Lipinski definition) is 4. The second-order valence-electron chi connectivity index (χ2n) is 0.600. The van der Waals surface area contributed by atoms with E-state index in [4.69, 9.17) is 19.2 Å². The summed E-state index contributed by atoms with van der Waals surface area (Å²) in [6.07, 6.45) is 0. The van der Waals surface area contributed by atoms with E-state index in [9.17, 15) is 0 Å². The molecule has 9 heavy (non-hydrogen) atoms. The van der Waals surface area contributed by atoms with E-state index < -0.39 is 9.05 Å². The Morgan fingerprint density at radius 3 is 1.00 bits per heavy atom. The Kier molecular flexibility index (Phi) is 48.6. The first-order chi connectivity index (χ1) is 2.00. The Labute approximate surface area is 161 Å². The van der Waals surface area contributed by atoms with Gasteiger partial charge in [-0.25, -0.2) is 0 Å². The summed E-state index contributed by atoms with van der Waals surface area (Å²) in [6, 6.07) is 0. The van der Waals surface area contributed by atoms with E-state index in [1.165, 1.54) is 0 Å². The molecule has 0 radical (unpaired) electrons. The van der Waals surface area contributed by atoms with Crippen LogP contribution >= 0.6 is 0 Å². The minimum atomic E-state index is -4.61. The Balaban J connectivity index is -0.00000000800. The Morgan fingerprint density at radius 1 is 1.00 bits per heavy atom. The molecule has 0 aliphatic rings. The molecule has 0 amide bonds. The molecule has 0 fully saturated rings. The molecular formula is H13AlCaKNaO4Si. The van der Waals surface area contributed by atoms with Crippen LogP contribution in [0.5, 0.6) is 0 Å². The van der Waals surface area contributed by atoms with Gasteiger partial charge in [-0.3, -0.25) is 0 Å². The van der Waals surface area contributed by atoms with Gasteiger partial charge in [0.15, 0.2) is 17.4 Å². The normalized spacial score (nSPS) is 6.67. The molecule has 0 rings (SSSR count). The fourth-order valence-electron chi connectivity index (χ4n) is 0. The van der Waals surface area contributed by atoms with Crippen molar-refractivity contribution in [3.8, 4) is 0 Å². The van der Waals surface area contributed by atoms with Crippen molar-refractivity contribution in [3.63, 3.8) is 0 Å². The number of rotatable bonds is 0. The topological polar surface area (TPSA) is 80.9 Å². The maximum absolute atomic E-state index is 7.33. The predicted molar refractivity (Wildman–Crippen MR) is 49.5 cm³/mol. The Morgan fingerprint density at radius 2 is 1.00 bits per heavy atom. The molecule has 0 unspecified atom stereocenters. The molecule has 0 aromatic rings. The van der Waals surface area contributed by atoms with Gasteiger partial charge in [0.1, 0.15) is 0 Å². The summed E-state index contributed by atoms with van der Waals surface area (Å²) in [5.41, 5.74) is 0. The van der Waals surface area contributed by atoms with Gasteiger partial charge in [0.25, 0.3) is 0 Å². The van der Waals surface area contributed by atoms with Crippen LogP contribution in [-0.2, 0) is 0 Å². The quantitative estimate of drug-likeness (QED) is 0.315. The van der Waals surface area contributed by atoms with Gasteiger partial charge in [0.2, 0.25) is 0 Å². The third-order valence-corrected chi connectivity index (χ3v) is 0. The maximum atomic E-state index is 7.33.